The van der Waals surface area contributed by atoms with Crippen molar-refractivity contribution >= 4 is 17.3 Å². The van der Waals surface area contributed by atoms with Gasteiger partial charge in [0.05, 0.1) is 23.4 Å². The van der Waals surface area contributed by atoms with E-state index < -0.39 is 0 Å². The van der Waals surface area contributed by atoms with E-state index in [4.69, 9.17) is 16.3 Å². The number of nitrogens with one attached hydrogen (secondary N) is 2. The molecule has 7 heteroatoms. The molecule has 1 aliphatic heterocycles. The van der Waals surface area contributed by atoms with E-state index in [2.05, 4.69) is 25.9 Å². The Kier molecular flexibility index (Phi) is 2.79. The maximum Gasteiger partial charge on any atom is 0.210 e. The SMILES string of the molecule is COc1c(Cl)cc2c(c1-c1nn[nH]n1)NCCC2. The molecule has 6 nitrogen and oxygen atoms in total. The second-order valence-corrected chi connectivity index (χ2v) is 4.47. The Morgan fingerprint density at radius 3 is 3.06 bits per heavy atom. The van der Waals surface area contributed by atoms with Gasteiger partial charge in [0.2, 0.25) is 5.82 Å². The molecule has 0 unspecified atom stereocenters. The minimum atomic E-state index is 0.486. The number of tetrazole rings is 1. The molecule has 0 fully saturated rings. The molecule has 18 heavy (non-hydrogen) atoms. The summed E-state index contributed by atoms with van der Waals surface area (Å²) in [6.07, 6.45) is 2.07. The van der Waals surface area contributed by atoms with E-state index in [9.17, 15) is 0 Å². The summed E-state index contributed by atoms with van der Waals surface area (Å²) in [4.78, 5) is 0. The Bertz CT molecular complexity index is 569. The monoisotopic (exact) mass is 265 g/mol. The van der Waals surface area contributed by atoms with Crippen LogP contribution in [0.3, 0.4) is 0 Å². The first-order valence-electron chi connectivity index (χ1n) is 5.68. The predicted octanol–water partition coefficient (Wildman–Crippen LogP) is 1.89. The Balaban J connectivity index is 2.28. The number of nitrogens with zero attached hydrogens (tertiary/aromatic N) is 3. The molecule has 2 aromatic rings. The third-order valence-corrected chi connectivity index (χ3v) is 3.29. The van der Waals surface area contributed by atoms with Gasteiger partial charge in [-0.15, -0.1) is 10.2 Å². The maximum absolute atomic E-state index is 6.24. The topological polar surface area (TPSA) is 75.7 Å². The van der Waals surface area contributed by atoms with Gasteiger partial charge in [0.15, 0.2) is 5.75 Å². The van der Waals surface area contributed by atoms with E-state index in [-0.39, 0.29) is 0 Å². The molecule has 2 N–H and O–H groups in total. The van der Waals surface area contributed by atoms with Crippen molar-refractivity contribution in [3.05, 3.63) is 16.7 Å². The quantitative estimate of drug-likeness (QED) is 0.867. The Morgan fingerprint density at radius 1 is 1.44 bits per heavy atom. The van der Waals surface area contributed by atoms with Gasteiger partial charge in [0, 0.05) is 6.54 Å². The standard InChI is InChI=1S/C11H12ClN5O/c1-18-10-7(12)5-6-3-2-4-13-9(6)8(10)11-14-16-17-15-11/h5,13H,2-4H2,1H3,(H,14,15,16,17). The summed E-state index contributed by atoms with van der Waals surface area (Å²) >= 11 is 6.24. The number of methoxy groups -OCH3 is 1. The molecule has 0 amide bonds. The highest BCUT2D eigenvalue weighted by Crippen LogP contribution is 2.43. The third-order valence-electron chi connectivity index (χ3n) is 3.01. The third kappa shape index (κ3) is 1.69. The van der Waals surface area contributed by atoms with E-state index in [1.165, 1.54) is 0 Å². The number of aromatic nitrogens is 4. The van der Waals surface area contributed by atoms with Crippen LogP contribution < -0.4 is 10.1 Å². The van der Waals surface area contributed by atoms with Gasteiger partial charge in [-0.05, 0) is 29.7 Å². The molecule has 0 atom stereocenters. The summed E-state index contributed by atoms with van der Waals surface area (Å²) in [7, 11) is 1.58. The van der Waals surface area contributed by atoms with Crippen LogP contribution in [0.25, 0.3) is 11.4 Å². The summed E-state index contributed by atoms with van der Waals surface area (Å²) in [5, 5.41) is 18.0. The van der Waals surface area contributed by atoms with Crippen LogP contribution in [0, 0.1) is 0 Å². The molecule has 1 aromatic heterocycles. The second kappa shape index (κ2) is 4.45. The van der Waals surface area contributed by atoms with E-state index >= 15 is 0 Å². The van der Waals surface area contributed by atoms with Crippen molar-refractivity contribution in [1.29, 1.82) is 0 Å². The zero-order chi connectivity index (χ0) is 12.5. The number of benzene rings is 1. The van der Waals surface area contributed by atoms with Crippen LogP contribution in [0.2, 0.25) is 5.02 Å². The molecule has 2 heterocycles. The van der Waals surface area contributed by atoms with Crippen molar-refractivity contribution < 1.29 is 4.74 Å². The number of anilines is 1. The maximum atomic E-state index is 6.24. The molecule has 1 aromatic carbocycles. The lowest BCUT2D eigenvalue weighted by Crippen LogP contribution is -2.13. The van der Waals surface area contributed by atoms with Crippen molar-refractivity contribution in [2.45, 2.75) is 12.8 Å². The number of fused-ring (bicyclic) bond motifs is 1. The first-order valence-corrected chi connectivity index (χ1v) is 6.06. The average molecular weight is 266 g/mol. The molecule has 0 bridgehead atoms. The largest absolute Gasteiger partial charge is 0.494 e. The van der Waals surface area contributed by atoms with Gasteiger partial charge in [-0.1, -0.05) is 11.6 Å². The van der Waals surface area contributed by atoms with Crippen molar-refractivity contribution in [3.63, 3.8) is 0 Å². The van der Waals surface area contributed by atoms with E-state index in [0.29, 0.717) is 16.6 Å². The molecule has 0 spiro atoms. The fourth-order valence-electron chi connectivity index (χ4n) is 2.26. The average Bonchev–Trinajstić information content (AvgIpc) is 2.90. The van der Waals surface area contributed by atoms with Crippen LogP contribution in [-0.2, 0) is 6.42 Å². The summed E-state index contributed by atoms with van der Waals surface area (Å²) in [6.45, 7) is 0.919. The number of ether oxygens (including phenoxy) is 1. The zero-order valence-corrected chi connectivity index (χ0v) is 10.6. The van der Waals surface area contributed by atoms with Gasteiger partial charge < -0.3 is 10.1 Å². The zero-order valence-electron chi connectivity index (χ0n) is 9.83. The van der Waals surface area contributed by atoms with Crippen LogP contribution in [0.15, 0.2) is 6.07 Å². The number of H-pyrrole nitrogens is 1. The molecule has 1 aliphatic rings. The lowest BCUT2D eigenvalue weighted by Gasteiger charge is -2.22. The van der Waals surface area contributed by atoms with Crippen molar-refractivity contribution in [2.75, 3.05) is 19.0 Å². The first-order chi connectivity index (χ1) is 8.81. The minimum absolute atomic E-state index is 0.486. The molecular formula is C11H12ClN5O. The normalized spacial score (nSPS) is 13.9. The molecule has 0 saturated carbocycles. The molecule has 0 aliphatic carbocycles. The molecular weight excluding hydrogens is 254 g/mol. The van der Waals surface area contributed by atoms with Gasteiger partial charge in [-0.2, -0.15) is 5.21 Å². The number of hydrogen-bond acceptors (Lipinski definition) is 5. The number of halogens is 1. The van der Waals surface area contributed by atoms with E-state index in [0.717, 1.165) is 36.2 Å². The van der Waals surface area contributed by atoms with Gasteiger partial charge in [-0.3, -0.25) is 0 Å². The number of hydrogen-bond donors (Lipinski definition) is 2. The lowest BCUT2D eigenvalue weighted by molar-refractivity contribution is 0.416. The highest BCUT2D eigenvalue weighted by atomic mass is 35.5. The van der Waals surface area contributed by atoms with Gasteiger partial charge in [0.25, 0.3) is 0 Å². The fraction of sp³-hybridized carbons (Fsp3) is 0.364. The minimum Gasteiger partial charge on any atom is -0.494 e. The van der Waals surface area contributed by atoms with Crippen molar-refractivity contribution in [3.8, 4) is 17.1 Å². The number of rotatable bonds is 2. The second-order valence-electron chi connectivity index (χ2n) is 4.07. The van der Waals surface area contributed by atoms with Gasteiger partial charge >= 0.3 is 0 Å². The molecule has 94 valence electrons. The summed E-state index contributed by atoms with van der Waals surface area (Å²) in [6, 6.07) is 1.94. The van der Waals surface area contributed by atoms with Crippen LogP contribution >= 0.6 is 11.6 Å². The fourth-order valence-corrected chi connectivity index (χ4v) is 2.56. The van der Waals surface area contributed by atoms with Crippen LogP contribution in [0.4, 0.5) is 5.69 Å². The molecule has 3 rings (SSSR count). The van der Waals surface area contributed by atoms with Crippen LogP contribution in [0.1, 0.15) is 12.0 Å². The Morgan fingerprint density at radius 2 is 2.33 bits per heavy atom. The Labute approximate surface area is 109 Å². The van der Waals surface area contributed by atoms with Gasteiger partial charge in [0.1, 0.15) is 0 Å². The summed E-state index contributed by atoms with van der Waals surface area (Å²) in [5.41, 5.74) is 2.92. The highest BCUT2D eigenvalue weighted by molar-refractivity contribution is 6.33. The van der Waals surface area contributed by atoms with Crippen LogP contribution in [-0.4, -0.2) is 34.3 Å². The van der Waals surface area contributed by atoms with Crippen molar-refractivity contribution in [1.82, 2.24) is 20.6 Å². The van der Waals surface area contributed by atoms with Gasteiger partial charge in [-0.25, -0.2) is 0 Å². The van der Waals surface area contributed by atoms with Crippen molar-refractivity contribution in [2.24, 2.45) is 0 Å². The summed E-state index contributed by atoms with van der Waals surface area (Å²) in [5.74, 6) is 1.06. The molecule has 0 saturated heterocycles. The van der Waals surface area contributed by atoms with E-state index in [1.807, 2.05) is 6.07 Å². The predicted molar refractivity (Wildman–Crippen MR) is 68.0 cm³/mol. The summed E-state index contributed by atoms with van der Waals surface area (Å²) < 4.78 is 5.37. The smallest absolute Gasteiger partial charge is 0.210 e. The molecule has 0 radical (unpaired) electrons. The van der Waals surface area contributed by atoms with E-state index in [1.54, 1.807) is 7.11 Å². The lowest BCUT2D eigenvalue weighted by atomic mass is 9.98. The van der Waals surface area contributed by atoms with Crippen LogP contribution in [0.5, 0.6) is 5.75 Å². The number of aryl methyl sites for hydroxylation is 1. The first kappa shape index (κ1) is 11.3. The Hall–Kier alpha value is -1.82. The number of aromatic amines is 1. The highest BCUT2D eigenvalue weighted by Gasteiger charge is 2.23.